The smallest absolute Gasteiger partial charge is 0.251 e. The molecule has 0 N–H and O–H groups in total. The van der Waals surface area contributed by atoms with E-state index in [-0.39, 0.29) is 20.6 Å². The highest BCUT2D eigenvalue weighted by Gasteiger charge is 2.46. The van der Waals surface area contributed by atoms with Gasteiger partial charge in [0, 0.05) is 16.8 Å². The van der Waals surface area contributed by atoms with Crippen LogP contribution in [-0.2, 0) is 12.4 Å². The molecule has 0 saturated heterocycles. The Hall–Kier alpha value is -1.18. The molecule has 2 aromatic rings. The molecule has 0 aliphatic carbocycles. The van der Waals surface area contributed by atoms with Gasteiger partial charge in [-0.15, -0.1) is 0 Å². The number of rotatable bonds is 1. The first kappa shape index (κ1) is 18.2. The first-order valence-corrected chi connectivity index (χ1v) is 6.84. The predicted molar refractivity (Wildman–Crippen MR) is 74.7 cm³/mol. The van der Waals surface area contributed by atoms with E-state index in [0.717, 1.165) is 18.2 Å². The average molecular weight is 395 g/mol. The van der Waals surface area contributed by atoms with Gasteiger partial charge in [-0.25, -0.2) is 0 Å². The van der Waals surface area contributed by atoms with Gasteiger partial charge in [0.1, 0.15) is 0 Å². The number of alkyl halides is 6. The molecular weight excluding hydrogens is 390 g/mol. The number of benzene rings is 1. The Kier molecular flexibility index (Phi) is 4.76. The molecule has 0 amide bonds. The van der Waals surface area contributed by atoms with E-state index < -0.39 is 29.2 Å². The van der Waals surface area contributed by atoms with E-state index >= 15 is 0 Å². The van der Waals surface area contributed by atoms with Crippen LogP contribution in [0.1, 0.15) is 11.3 Å². The highest BCUT2D eigenvalue weighted by molar-refractivity contribution is 6.44. The molecule has 0 bridgehead atoms. The summed E-state index contributed by atoms with van der Waals surface area (Å²) in [5.41, 5.74) is -5.11. The molecule has 0 fully saturated rings. The van der Waals surface area contributed by atoms with E-state index in [0.29, 0.717) is 6.20 Å². The van der Waals surface area contributed by atoms with Gasteiger partial charge in [0.2, 0.25) is 0 Å². The van der Waals surface area contributed by atoms with Crippen LogP contribution in [0.5, 0.6) is 0 Å². The second-order valence-electron chi connectivity index (χ2n) is 4.32. The number of hydrogen-bond acceptors (Lipinski definition) is 1. The Morgan fingerprint density at radius 1 is 0.739 bits per heavy atom. The fraction of sp³-hybridized carbons (Fsp3) is 0.154. The van der Waals surface area contributed by atoms with Crippen molar-refractivity contribution < 1.29 is 26.3 Å². The summed E-state index contributed by atoms with van der Waals surface area (Å²) in [6.07, 6.45) is -9.97. The second kappa shape index (κ2) is 6.03. The van der Waals surface area contributed by atoms with Gasteiger partial charge in [0.15, 0.2) is 5.69 Å². The predicted octanol–water partition coefficient (Wildman–Crippen LogP) is 6.75. The van der Waals surface area contributed by atoms with Crippen LogP contribution in [-0.4, -0.2) is 4.98 Å². The summed E-state index contributed by atoms with van der Waals surface area (Å²) in [6, 6.07) is 2.80. The molecule has 23 heavy (non-hydrogen) atoms. The maximum atomic E-state index is 13.2. The fourth-order valence-corrected chi connectivity index (χ4v) is 2.57. The van der Waals surface area contributed by atoms with E-state index in [1.807, 2.05) is 0 Å². The molecule has 124 valence electrons. The van der Waals surface area contributed by atoms with Gasteiger partial charge in [-0.05, 0) is 23.8 Å². The molecule has 0 spiro atoms. The third kappa shape index (κ3) is 3.67. The lowest BCUT2D eigenvalue weighted by atomic mass is 9.98. The molecule has 1 nitrogen and oxygen atoms in total. The van der Waals surface area contributed by atoms with Crippen molar-refractivity contribution in [3.8, 4) is 11.1 Å². The number of nitrogens with zero attached hydrogens (tertiary/aromatic N) is 1. The van der Waals surface area contributed by atoms with Crippen LogP contribution < -0.4 is 0 Å². The summed E-state index contributed by atoms with van der Waals surface area (Å²) in [5.74, 6) is 0. The highest BCUT2D eigenvalue weighted by atomic mass is 35.5. The summed E-state index contributed by atoms with van der Waals surface area (Å²) >= 11 is 17.2. The lowest BCUT2D eigenvalue weighted by molar-refractivity contribution is -0.164. The minimum Gasteiger partial charge on any atom is -0.251 e. The van der Waals surface area contributed by atoms with Crippen molar-refractivity contribution >= 4 is 34.8 Å². The Balaban J connectivity index is 2.86. The standard InChI is InChI=1S/C13H4Cl3F6N/c14-7-4-9(16)8(15)3-6(7)5-1-2-23-11(13(20,21)22)10(5)12(17,18)19/h1-4H. The first-order chi connectivity index (χ1) is 10.4. The van der Waals surface area contributed by atoms with Gasteiger partial charge in [-0.1, -0.05) is 34.8 Å². The normalized spacial score (nSPS) is 12.6. The third-order valence-corrected chi connectivity index (χ3v) is 3.84. The molecule has 0 aliphatic heterocycles. The minimum atomic E-state index is -5.30. The number of aromatic nitrogens is 1. The van der Waals surface area contributed by atoms with E-state index in [9.17, 15) is 26.3 Å². The molecule has 1 aromatic carbocycles. The van der Waals surface area contributed by atoms with Crippen molar-refractivity contribution in [3.63, 3.8) is 0 Å². The van der Waals surface area contributed by atoms with Crippen molar-refractivity contribution in [3.05, 3.63) is 50.7 Å². The zero-order valence-electron chi connectivity index (χ0n) is 10.7. The monoisotopic (exact) mass is 393 g/mol. The van der Waals surface area contributed by atoms with Gasteiger partial charge in [-0.3, -0.25) is 4.98 Å². The molecule has 2 rings (SSSR count). The molecule has 0 aliphatic rings. The van der Waals surface area contributed by atoms with Crippen LogP contribution in [0.15, 0.2) is 24.4 Å². The van der Waals surface area contributed by atoms with Crippen LogP contribution in [0.3, 0.4) is 0 Å². The summed E-state index contributed by atoms with van der Waals surface area (Å²) in [4.78, 5) is 2.83. The SMILES string of the molecule is FC(F)(F)c1nccc(-c2cc(Cl)c(Cl)cc2Cl)c1C(F)(F)F. The van der Waals surface area contributed by atoms with Crippen LogP contribution >= 0.6 is 34.8 Å². The third-order valence-electron chi connectivity index (χ3n) is 2.80. The first-order valence-electron chi connectivity index (χ1n) is 5.71. The van der Waals surface area contributed by atoms with Gasteiger partial charge in [-0.2, -0.15) is 26.3 Å². The maximum Gasteiger partial charge on any atom is 0.433 e. The number of pyridine rings is 1. The fourth-order valence-electron chi connectivity index (χ4n) is 1.92. The topological polar surface area (TPSA) is 12.9 Å². The van der Waals surface area contributed by atoms with E-state index in [1.165, 1.54) is 0 Å². The second-order valence-corrected chi connectivity index (χ2v) is 5.55. The average Bonchev–Trinajstić information content (AvgIpc) is 2.40. The summed E-state index contributed by atoms with van der Waals surface area (Å²) in [7, 11) is 0. The van der Waals surface area contributed by atoms with Gasteiger partial charge in [0.25, 0.3) is 0 Å². The Labute approximate surface area is 140 Å². The lowest BCUT2D eigenvalue weighted by Crippen LogP contribution is -2.19. The quantitative estimate of drug-likeness (QED) is 0.385. The molecule has 0 radical (unpaired) electrons. The number of halogens is 9. The molecular formula is C13H4Cl3F6N. The summed E-state index contributed by atoms with van der Waals surface area (Å²) in [5, 5.41) is -0.465. The summed E-state index contributed by atoms with van der Waals surface area (Å²) < 4.78 is 78.2. The van der Waals surface area contributed by atoms with Crippen LogP contribution in [0, 0.1) is 0 Å². The van der Waals surface area contributed by atoms with Crippen molar-refractivity contribution in [1.82, 2.24) is 4.98 Å². The van der Waals surface area contributed by atoms with Crippen LogP contribution in [0.4, 0.5) is 26.3 Å². The van der Waals surface area contributed by atoms with E-state index in [1.54, 1.807) is 0 Å². The Morgan fingerprint density at radius 3 is 1.83 bits per heavy atom. The largest absolute Gasteiger partial charge is 0.433 e. The van der Waals surface area contributed by atoms with Crippen molar-refractivity contribution in [2.75, 3.05) is 0 Å². The molecule has 0 unspecified atom stereocenters. The summed E-state index contributed by atoms with van der Waals surface area (Å²) in [6.45, 7) is 0. The van der Waals surface area contributed by atoms with Crippen molar-refractivity contribution in [1.29, 1.82) is 0 Å². The lowest BCUT2D eigenvalue weighted by Gasteiger charge is -2.19. The molecule has 0 atom stereocenters. The van der Waals surface area contributed by atoms with Gasteiger partial charge < -0.3 is 0 Å². The van der Waals surface area contributed by atoms with Gasteiger partial charge >= 0.3 is 12.4 Å². The van der Waals surface area contributed by atoms with E-state index in [4.69, 9.17) is 34.8 Å². The molecule has 10 heteroatoms. The van der Waals surface area contributed by atoms with Crippen molar-refractivity contribution in [2.45, 2.75) is 12.4 Å². The Morgan fingerprint density at radius 2 is 1.30 bits per heavy atom. The zero-order valence-corrected chi connectivity index (χ0v) is 12.9. The number of hydrogen-bond donors (Lipinski definition) is 0. The minimum absolute atomic E-state index is 0.0425. The van der Waals surface area contributed by atoms with Crippen LogP contribution in [0.2, 0.25) is 15.1 Å². The van der Waals surface area contributed by atoms with Gasteiger partial charge in [0.05, 0.1) is 15.6 Å². The molecule has 1 aromatic heterocycles. The zero-order chi connectivity index (χ0) is 17.6. The van der Waals surface area contributed by atoms with Crippen molar-refractivity contribution in [2.24, 2.45) is 0 Å². The molecule has 0 saturated carbocycles. The molecule has 1 heterocycles. The Bertz CT molecular complexity index is 755. The maximum absolute atomic E-state index is 13.2. The van der Waals surface area contributed by atoms with E-state index in [2.05, 4.69) is 4.98 Å². The highest BCUT2D eigenvalue weighted by Crippen LogP contribution is 2.46. The van der Waals surface area contributed by atoms with Crippen LogP contribution in [0.25, 0.3) is 11.1 Å².